The van der Waals surface area contributed by atoms with Crippen molar-refractivity contribution in [2.75, 3.05) is 25.0 Å². The highest BCUT2D eigenvalue weighted by Crippen LogP contribution is 2.31. The van der Waals surface area contributed by atoms with Crippen LogP contribution in [0, 0.1) is 0 Å². The second kappa shape index (κ2) is 10.4. The van der Waals surface area contributed by atoms with Gasteiger partial charge < -0.3 is 10.1 Å². The molecule has 2 rings (SSSR count). The summed E-state index contributed by atoms with van der Waals surface area (Å²) >= 11 is 17.5. The first-order valence-electron chi connectivity index (χ1n) is 8.68. The maximum Gasteiger partial charge on any atom is 0.359 e. The minimum atomic E-state index is -3.60. The number of nitrogens with zero attached hydrogens (tertiary/aromatic N) is 2. The van der Waals surface area contributed by atoms with Crippen molar-refractivity contribution in [1.29, 1.82) is 0 Å². The van der Waals surface area contributed by atoms with Crippen LogP contribution in [0.25, 0.3) is 0 Å². The van der Waals surface area contributed by atoms with E-state index in [0.717, 1.165) is 6.20 Å². The van der Waals surface area contributed by atoms with Crippen molar-refractivity contribution in [2.45, 2.75) is 18.7 Å². The van der Waals surface area contributed by atoms with Gasteiger partial charge in [0.2, 0.25) is 10.0 Å². The van der Waals surface area contributed by atoms with Gasteiger partial charge in [-0.05, 0) is 24.3 Å². The summed E-state index contributed by atoms with van der Waals surface area (Å²) in [5.74, 6) is -1.59. The molecule has 1 aromatic heterocycles. The maximum atomic E-state index is 12.5. The van der Waals surface area contributed by atoms with Gasteiger partial charge in [0.25, 0.3) is 5.91 Å². The number of halogens is 3. The van der Waals surface area contributed by atoms with E-state index in [1.54, 1.807) is 13.8 Å². The zero-order valence-corrected chi connectivity index (χ0v) is 19.1. The Hall–Kier alpha value is -1.91. The zero-order chi connectivity index (χ0) is 22.5. The first kappa shape index (κ1) is 24.4. The number of sulfonamides is 1. The minimum Gasteiger partial charge on any atom is -0.451 e. The number of rotatable bonds is 8. The van der Waals surface area contributed by atoms with Crippen molar-refractivity contribution in [1.82, 2.24) is 9.29 Å². The molecular weight excluding hydrogens is 477 g/mol. The molecule has 1 aromatic carbocycles. The van der Waals surface area contributed by atoms with Crippen molar-refractivity contribution in [3.05, 3.63) is 51.2 Å². The Labute approximate surface area is 189 Å². The molecule has 1 heterocycles. The molecule has 0 saturated carbocycles. The molecule has 0 radical (unpaired) electrons. The van der Waals surface area contributed by atoms with Crippen molar-refractivity contribution >= 4 is 62.4 Å². The van der Waals surface area contributed by atoms with Crippen LogP contribution >= 0.6 is 34.8 Å². The van der Waals surface area contributed by atoms with Crippen LogP contribution in [0.1, 0.15) is 24.3 Å². The Morgan fingerprint density at radius 1 is 1.07 bits per heavy atom. The average molecular weight is 495 g/mol. The Morgan fingerprint density at radius 2 is 1.67 bits per heavy atom. The number of carbonyl (C=O) groups is 2. The van der Waals surface area contributed by atoms with Crippen LogP contribution in [0.4, 0.5) is 5.69 Å². The number of anilines is 1. The van der Waals surface area contributed by atoms with Crippen LogP contribution in [-0.4, -0.2) is 49.3 Å². The molecule has 2 aromatic rings. The molecule has 162 valence electrons. The molecule has 0 saturated heterocycles. The Bertz CT molecular complexity index is 1040. The number of ether oxygens (including phenoxy) is 1. The first-order valence-corrected chi connectivity index (χ1v) is 11.3. The third kappa shape index (κ3) is 5.61. The SMILES string of the molecule is CCN(CC)S(=O)(=O)c1ccc(NC(=O)COC(=O)c2ncc(Cl)c(Cl)c2Cl)cc1. The number of nitrogens with one attached hydrogen (secondary N) is 1. The molecule has 0 atom stereocenters. The van der Waals surface area contributed by atoms with Gasteiger partial charge in [-0.25, -0.2) is 18.2 Å². The van der Waals surface area contributed by atoms with E-state index in [9.17, 15) is 18.0 Å². The topological polar surface area (TPSA) is 106 Å². The smallest absolute Gasteiger partial charge is 0.359 e. The van der Waals surface area contributed by atoms with E-state index in [1.807, 2.05) is 0 Å². The van der Waals surface area contributed by atoms with Gasteiger partial charge in [0.15, 0.2) is 12.3 Å². The number of pyridine rings is 1. The highest BCUT2D eigenvalue weighted by Gasteiger charge is 2.22. The fourth-order valence-corrected chi connectivity index (χ4v) is 4.42. The lowest BCUT2D eigenvalue weighted by atomic mass is 10.3. The summed E-state index contributed by atoms with van der Waals surface area (Å²) in [4.78, 5) is 27.9. The molecule has 0 unspecified atom stereocenters. The van der Waals surface area contributed by atoms with Gasteiger partial charge in [0.05, 0.1) is 20.0 Å². The molecule has 0 bridgehead atoms. The lowest BCUT2D eigenvalue weighted by Crippen LogP contribution is -2.30. The predicted molar refractivity (Wildman–Crippen MR) is 115 cm³/mol. The van der Waals surface area contributed by atoms with E-state index in [2.05, 4.69) is 10.3 Å². The van der Waals surface area contributed by atoms with Gasteiger partial charge in [-0.15, -0.1) is 0 Å². The second-order valence-electron chi connectivity index (χ2n) is 5.82. The van der Waals surface area contributed by atoms with Gasteiger partial charge in [-0.2, -0.15) is 4.31 Å². The molecule has 0 spiro atoms. The van der Waals surface area contributed by atoms with Crippen LogP contribution < -0.4 is 5.32 Å². The molecule has 30 heavy (non-hydrogen) atoms. The minimum absolute atomic E-state index is 0.0514. The molecule has 0 aliphatic rings. The van der Waals surface area contributed by atoms with Gasteiger partial charge in [0.1, 0.15) is 0 Å². The lowest BCUT2D eigenvalue weighted by Gasteiger charge is -2.18. The molecule has 12 heteroatoms. The number of carbonyl (C=O) groups excluding carboxylic acids is 2. The summed E-state index contributed by atoms with van der Waals surface area (Å²) in [6, 6.07) is 5.64. The highest BCUT2D eigenvalue weighted by molar-refractivity contribution is 7.89. The summed E-state index contributed by atoms with van der Waals surface area (Å²) in [5, 5.41) is 2.33. The molecule has 0 aliphatic heterocycles. The number of benzene rings is 1. The van der Waals surface area contributed by atoms with Gasteiger partial charge >= 0.3 is 5.97 Å². The molecular formula is C18H18Cl3N3O5S. The van der Waals surface area contributed by atoms with Crippen LogP contribution in [0.3, 0.4) is 0 Å². The van der Waals surface area contributed by atoms with Crippen LogP contribution in [0.15, 0.2) is 35.4 Å². The summed E-state index contributed by atoms with van der Waals surface area (Å²) in [6.45, 7) is 3.58. The maximum absolute atomic E-state index is 12.5. The normalized spacial score (nSPS) is 11.4. The summed E-state index contributed by atoms with van der Waals surface area (Å²) in [5.41, 5.74) is 0.0602. The number of amides is 1. The predicted octanol–water partition coefficient (Wildman–Crippen LogP) is 3.87. The molecule has 1 N–H and O–H groups in total. The van der Waals surface area contributed by atoms with Crippen molar-refractivity contribution in [3.8, 4) is 0 Å². The number of esters is 1. The fraction of sp³-hybridized carbons (Fsp3) is 0.278. The zero-order valence-electron chi connectivity index (χ0n) is 16.0. The van der Waals surface area contributed by atoms with Crippen molar-refractivity contribution < 1.29 is 22.7 Å². The number of hydrogen-bond acceptors (Lipinski definition) is 6. The Kier molecular flexibility index (Phi) is 8.45. The van der Waals surface area contributed by atoms with E-state index in [-0.39, 0.29) is 25.7 Å². The van der Waals surface area contributed by atoms with Crippen LogP contribution in [0.2, 0.25) is 15.1 Å². The summed E-state index contributed by atoms with van der Waals surface area (Å²) < 4.78 is 31.1. The fourth-order valence-electron chi connectivity index (χ4n) is 2.41. The van der Waals surface area contributed by atoms with E-state index in [1.165, 1.54) is 28.6 Å². The van der Waals surface area contributed by atoms with Crippen LogP contribution in [-0.2, 0) is 19.6 Å². The Morgan fingerprint density at radius 3 is 2.23 bits per heavy atom. The van der Waals surface area contributed by atoms with E-state index in [0.29, 0.717) is 18.8 Å². The number of aromatic nitrogens is 1. The standard InChI is InChI=1S/C18H18Cl3N3O5S/c1-3-24(4-2)30(27,28)12-7-5-11(6-8-12)23-14(25)10-29-18(26)17-16(21)15(20)13(19)9-22-17/h5-9H,3-4,10H2,1-2H3,(H,23,25). The largest absolute Gasteiger partial charge is 0.451 e. The highest BCUT2D eigenvalue weighted by atomic mass is 35.5. The molecule has 0 fully saturated rings. The molecule has 0 aliphatic carbocycles. The van der Waals surface area contributed by atoms with Gasteiger partial charge in [0, 0.05) is 25.0 Å². The quantitative estimate of drug-likeness (QED) is 0.559. The van der Waals surface area contributed by atoms with Crippen molar-refractivity contribution in [2.24, 2.45) is 0 Å². The third-order valence-electron chi connectivity index (χ3n) is 3.93. The first-order chi connectivity index (χ1) is 14.1. The monoisotopic (exact) mass is 493 g/mol. The number of hydrogen-bond donors (Lipinski definition) is 1. The molecule has 1 amide bonds. The summed E-state index contributed by atoms with van der Waals surface area (Å²) in [6.07, 6.45) is 1.14. The van der Waals surface area contributed by atoms with E-state index < -0.39 is 28.5 Å². The lowest BCUT2D eigenvalue weighted by molar-refractivity contribution is -0.119. The van der Waals surface area contributed by atoms with Crippen molar-refractivity contribution in [3.63, 3.8) is 0 Å². The second-order valence-corrected chi connectivity index (χ2v) is 8.92. The van der Waals surface area contributed by atoms with Gasteiger partial charge in [-0.3, -0.25) is 4.79 Å². The van der Waals surface area contributed by atoms with E-state index >= 15 is 0 Å². The van der Waals surface area contributed by atoms with E-state index in [4.69, 9.17) is 39.5 Å². The average Bonchev–Trinajstić information content (AvgIpc) is 2.71. The summed E-state index contributed by atoms with van der Waals surface area (Å²) in [7, 11) is -3.60. The van der Waals surface area contributed by atoms with Gasteiger partial charge in [-0.1, -0.05) is 48.7 Å². The third-order valence-corrected chi connectivity index (χ3v) is 7.23. The molecule has 8 nitrogen and oxygen atoms in total. The Balaban J connectivity index is 1.99. The van der Waals surface area contributed by atoms with Crippen LogP contribution in [0.5, 0.6) is 0 Å².